The first-order valence-corrected chi connectivity index (χ1v) is 12.0. The Kier molecular flexibility index (Phi) is 7.59. The van der Waals surface area contributed by atoms with Crippen LogP contribution in [0.3, 0.4) is 0 Å². The Morgan fingerprint density at radius 3 is 2.75 bits per heavy atom. The van der Waals surface area contributed by atoms with Gasteiger partial charge >= 0.3 is 0 Å². The number of fused-ring (bicyclic) bond motifs is 1. The second-order valence-electron chi connectivity index (χ2n) is 9.05. The van der Waals surface area contributed by atoms with E-state index < -0.39 is 23.3 Å². The minimum absolute atomic E-state index is 0.147. The molecule has 0 spiro atoms. The van der Waals surface area contributed by atoms with Crippen molar-refractivity contribution in [3.8, 4) is 11.3 Å². The molecule has 0 saturated carbocycles. The molecule has 0 saturated heterocycles. The number of likely N-dealkylation sites (N-methyl/N-ethyl adjacent to an activating group) is 1. The molecule has 9 heteroatoms. The molecule has 0 aliphatic heterocycles. The Morgan fingerprint density at radius 1 is 1.22 bits per heavy atom. The number of halogens is 1. The summed E-state index contributed by atoms with van der Waals surface area (Å²) < 4.78 is 15.0. The van der Waals surface area contributed by atoms with Crippen LogP contribution in [0.1, 0.15) is 42.5 Å². The number of aromatic nitrogens is 2. The van der Waals surface area contributed by atoms with Crippen molar-refractivity contribution in [1.29, 1.82) is 0 Å². The molecule has 0 fully saturated rings. The first kappa shape index (κ1) is 25.2. The first-order chi connectivity index (χ1) is 17.3. The molecule has 36 heavy (non-hydrogen) atoms. The van der Waals surface area contributed by atoms with Gasteiger partial charge < -0.3 is 16.0 Å². The maximum atomic E-state index is 13.7. The summed E-state index contributed by atoms with van der Waals surface area (Å²) >= 11 is 0. The Balaban J connectivity index is 1.68. The predicted molar refractivity (Wildman–Crippen MR) is 136 cm³/mol. The highest BCUT2D eigenvalue weighted by atomic mass is 19.1. The van der Waals surface area contributed by atoms with Gasteiger partial charge in [-0.15, -0.1) is 0 Å². The average molecular weight is 492 g/mol. The van der Waals surface area contributed by atoms with Gasteiger partial charge in [-0.2, -0.15) is 0 Å². The molecule has 2 aromatic carbocycles. The van der Waals surface area contributed by atoms with Crippen molar-refractivity contribution in [3.05, 3.63) is 81.5 Å². The van der Waals surface area contributed by atoms with E-state index in [4.69, 9.17) is 0 Å². The smallest absolute Gasteiger partial charge is 0.294 e. The number of rotatable bonds is 7. The highest BCUT2D eigenvalue weighted by molar-refractivity contribution is 5.93. The van der Waals surface area contributed by atoms with Gasteiger partial charge in [-0.05, 0) is 75.0 Å². The Hall–Kier alpha value is -3.85. The van der Waals surface area contributed by atoms with E-state index in [0.29, 0.717) is 16.8 Å². The quantitative estimate of drug-likeness (QED) is 0.471. The number of nitrogens with one attached hydrogen (secondary N) is 3. The molecule has 2 atom stereocenters. The summed E-state index contributed by atoms with van der Waals surface area (Å²) in [7, 11) is 1.63. The lowest BCUT2D eigenvalue weighted by Gasteiger charge is -2.26. The monoisotopic (exact) mass is 491 g/mol. The van der Waals surface area contributed by atoms with E-state index in [0.717, 1.165) is 24.8 Å². The molecule has 0 radical (unpaired) electrons. The van der Waals surface area contributed by atoms with E-state index in [-0.39, 0.29) is 24.3 Å². The number of benzene rings is 2. The number of amides is 2. The lowest BCUT2D eigenvalue weighted by molar-refractivity contribution is -0.122. The molecule has 188 valence electrons. The van der Waals surface area contributed by atoms with E-state index in [1.54, 1.807) is 27.0 Å². The highest BCUT2D eigenvalue weighted by Crippen LogP contribution is 2.29. The number of hydrogen-bond acceptors (Lipinski definition) is 5. The van der Waals surface area contributed by atoms with E-state index >= 15 is 0 Å². The maximum Gasteiger partial charge on any atom is 0.294 e. The van der Waals surface area contributed by atoms with Gasteiger partial charge in [0.25, 0.3) is 5.56 Å². The molecule has 1 aliphatic rings. The van der Waals surface area contributed by atoms with Crippen molar-refractivity contribution in [2.45, 2.75) is 51.7 Å². The van der Waals surface area contributed by atoms with Crippen LogP contribution in [0.15, 0.2) is 53.5 Å². The standard InChI is InChI=1S/C27H30FN5O3/c1-16-13-19(28)11-12-20(16)23-14-30-25(32-26(35)17(2)29-3)27(36)33(23)15-24(34)31-22-10-6-8-18-7-4-5-9-21(18)22/h4-5,7,9,11-14,17,22,29H,6,8,10,15H2,1-3H3,(H,31,34)(H,30,32,35). The van der Waals surface area contributed by atoms with Crippen molar-refractivity contribution in [3.63, 3.8) is 0 Å². The molecular weight excluding hydrogens is 461 g/mol. The van der Waals surface area contributed by atoms with Crippen molar-refractivity contribution >= 4 is 17.6 Å². The van der Waals surface area contributed by atoms with Crippen LogP contribution in [0.25, 0.3) is 11.3 Å². The van der Waals surface area contributed by atoms with Gasteiger partial charge in [-0.25, -0.2) is 9.37 Å². The van der Waals surface area contributed by atoms with E-state index in [1.807, 2.05) is 18.2 Å². The molecule has 2 unspecified atom stereocenters. The van der Waals surface area contributed by atoms with E-state index in [9.17, 15) is 18.8 Å². The fourth-order valence-electron chi connectivity index (χ4n) is 4.50. The number of hydrogen-bond donors (Lipinski definition) is 3. The average Bonchev–Trinajstić information content (AvgIpc) is 2.86. The van der Waals surface area contributed by atoms with Gasteiger partial charge in [-0.3, -0.25) is 19.0 Å². The fourth-order valence-corrected chi connectivity index (χ4v) is 4.50. The third kappa shape index (κ3) is 5.36. The number of carbonyl (C=O) groups is 2. The first-order valence-electron chi connectivity index (χ1n) is 12.0. The SMILES string of the molecule is CNC(C)C(=O)Nc1ncc(-c2ccc(F)cc2C)n(CC(=O)NC2CCCc3ccccc32)c1=O. The van der Waals surface area contributed by atoms with E-state index in [1.165, 1.54) is 28.5 Å². The van der Waals surface area contributed by atoms with Crippen LogP contribution in [0.5, 0.6) is 0 Å². The summed E-state index contributed by atoms with van der Waals surface area (Å²) in [6.45, 7) is 3.09. The lowest BCUT2D eigenvalue weighted by Crippen LogP contribution is -2.40. The minimum Gasteiger partial charge on any atom is -0.348 e. The van der Waals surface area contributed by atoms with Crippen molar-refractivity contribution < 1.29 is 14.0 Å². The second kappa shape index (κ2) is 10.8. The van der Waals surface area contributed by atoms with Crippen molar-refractivity contribution in [1.82, 2.24) is 20.2 Å². The summed E-state index contributed by atoms with van der Waals surface area (Å²) in [5, 5.41) is 8.40. The minimum atomic E-state index is -0.618. The third-order valence-corrected chi connectivity index (χ3v) is 6.59. The zero-order chi connectivity index (χ0) is 25.8. The Morgan fingerprint density at radius 2 is 2.00 bits per heavy atom. The van der Waals surface area contributed by atoms with Crippen LogP contribution in [0.2, 0.25) is 0 Å². The number of aryl methyl sites for hydroxylation is 2. The normalized spacial score (nSPS) is 15.6. The Labute approximate surface area is 209 Å². The summed E-state index contributed by atoms with van der Waals surface area (Å²) in [5.41, 5.74) is 3.19. The summed E-state index contributed by atoms with van der Waals surface area (Å²) in [6.07, 6.45) is 4.15. The van der Waals surface area contributed by atoms with Crippen LogP contribution in [-0.4, -0.2) is 34.5 Å². The van der Waals surface area contributed by atoms with Crippen LogP contribution < -0.4 is 21.5 Å². The van der Waals surface area contributed by atoms with Crippen molar-refractivity contribution in [2.75, 3.05) is 12.4 Å². The zero-order valence-corrected chi connectivity index (χ0v) is 20.6. The molecule has 0 bridgehead atoms. The lowest BCUT2D eigenvalue weighted by atomic mass is 9.88. The van der Waals surface area contributed by atoms with Crippen LogP contribution >= 0.6 is 0 Å². The fraction of sp³-hybridized carbons (Fsp3) is 0.333. The van der Waals surface area contributed by atoms with Crippen LogP contribution in [-0.2, 0) is 22.6 Å². The molecule has 1 aliphatic carbocycles. The molecule has 3 aromatic rings. The van der Waals surface area contributed by atoms with Crippen LogP contribution in [0.4, 0.5) is 10.2 Å². The molecule has 4 rings (SSSR count). The third-order valence-electron chi connectivity index (χ3n) is 6.59. The highest BCUT2D eigenvalue weighted by Gasteiger charge is 2.23. The molecule has 3 N–H and O–H groups in total. The van der Waals surface area contributed by atoms with Gasteiger partial charge in [0.15, 0.2) is 5.82 Å². The maximum absolute atomic E-state index is 13.7. The number of anilines is 1. The molecule has 1 aromatic heterocycles. The second-order valence-corrected chi connectivity index (χ2v) is 9.05. The summed E-state index contributed by atoms with van der Waals surface area (Å²) in [6, 6.07) is 11.5. The van der Waals surface area contributed by atoms with Gasteiger partial charge in [0.05, 0.1) is 24.0 Å². The van der Waals surface area contributed by atoms with Gasteiger partial charge in [0.1, 0.15) is 12.4 Å². The molecular formula is C27H30FN5O3. The molecule has 2 amide bonds. The van der Waals surface area contributed by atoms with Crippen molar-refractivity contribution in [2.24, 2.45) is 0 Å². The predicted octanol–water partition coefficient (Wildman–Crippen LogP) is 3.10. The largest absolute Gasteiger partial charge is 0.348 e. The Bertz CT molecular complexity index is 1350. The number of nitrogens with zero attached hydrogens (tertiary/aromatic N) is 2. The number of carbonyl (C=O) groups excluding carboxylic acids is 2. The van der Waals surface area contributed by atoms with Crippen LogP contribution in [0, 0.1) is 12.7 Å². The summed E-state index contributed by atoms with van der Waals surface area (Å²) in [4.78, 5) is 43.2. The van der Waals surface area contributed by atoms with Gasteiger partial charge in [-0.1, -0.05) is 24.3 Å². The molecule has 8 nitrogen and oxygen atoms in total. The topological polar surface area (TPSA) is 105 Å². The van der Waals surface area contributed by atoms with Gasteiger partial charge in [0, 0.05) is 5.56 Å². The summed E-state index contributed by atoms with van der Waals surface area (Å²) in [5.74, 6) is -1.35. The van der Waals surface area contributed by atoms with E-state index in [2.05, 4.69) is 27.0 Å². The zero-order valence-electron chi connectivity index (χ0n) is 20.6. The van der Waals surface area contributed by atoms with Gasteiger partial charge in [0.2, 0.25) is 11.8 Å². The molecule has 1 heterocycles.